The minimum Gasteiger partial charge on any atom is -0.458 e. The molecule has 0 fully saturated rings. The predicted octanol–water partition coefficient (Wildman–Crippen LogP) is 5.75. The maximum absolute atomic E-state index is 12.6. The number of fused-ring (bicyclic) bond motifs is 3. The van der Waals surface area contributed by atoms with Crippen LogP contribution >= 0.6 is 0 Å². The summed E-state index contributed by atoms with van der Waals surface area (Å²) in [6.45, 7) is 5.87. The van der Waals surface area contributed by atoms with Gasteiger partial charge in [-0.2, -0.15) is 8.42 Å². The number of anilines is 1. The second kappa shape index (κ2) is 6.96. The van der Waals surface area contributed by atoms with Gasteiger partial charge in [0.25, 0.3) is 0 Å². The Bertz CT molecular complexity index is 1260. The third-order valence-corrected chi connectivity index (χ3v) is 5.85. The summed E-state index contributed by atoms with van der Waals surface area (Å²) in [6, 6.07) is 18.3. The Morgan fingerprint density at radius 1 is 0.964 bits per heavy atom. The molecule has 0 aliphatic carbocycles. The predicted molar refractivity (Wildman–Crippen MR) is 111 cm³/mol. The lowest BCUT2D eigenvalue weighted by molar-refractivity contribution is 0.388. The highest BCUT2D eigenvalue weighted by molar-refractivity contribution is 7.86. The van der Waals surface area contributed by atoms with Crippen molar-refractivity contribution in [1.29, 1.82) is 0 Å². The fourth-order valence-corrected chi connectivity index (χ4v) is 4.00. The van der Waals surface area contributed by atoms with E-state index in [1.807, 2.05) is 57.2 Å². The zero-order valence-electron chi connectivity index (χ0n) is 15.9. The van der Waals surface area contributed by atoms with Gasteiger partial charge in [-0.25, -0.2) is 5.48 Å². The number of aryl methyl sites for hydroxylation is 1. The van der Waals surface area contributed by atoms with Crippen molar-refractivity contribution in [3.05, 3.63) is 72.0 Å². The van der Waals surface area contributed by atoms with E-state index in [1.54, 1.807) is 12.1 Å². The van der Waals surface area contributed by atoms with Gasteiger partial charge in [0.15, 0.2) is 0 Å². The molecule has 0 aliphatic rings. The summed E-state index contributed by atoms with van der Waals surface area (Å²) in [5, 5.41) is 2.81. The number of furan rings is 1. The van der Waals surface area contributed by atoms with Gasteiger partial charge in [-0.3, -0.25) is 0 Å². The van der Waals surface area contributed by atoms with Gasteiger partial charge >= 0.3 is 10.1 Å². The third kappa shape index (κ3) is 3.25. The number of nitrogens with one attached hydrogen (secondary N) is 1. The van der Waals surface area contributed by atoms with Gasteiger partial charge in [-0.05, 0) is 35.9 Å². The van der Waals surface area contributed by atoms with Crippen LogP contribution in [0.2, 0.25) is 0 Å². The van der Waals surface area contributed by atoms with Crippen LogP contribution < -0.4 is 5.48 Å². The molecule has 0 saturated carbocycles. The molecule has 1 N–H and O–H groups in total. The molecule has 4 aromatic rings. The first-order valence-corrected chi connectivity index (χ1v) is 10.5. The quantitative estimate of drug-likeness (QED) is 0.436. The smallest absolute Gasteiger partial charge is 0.317 e. The van der Waals surface area contributed by atoms with Crippen LogP contribution in [0.3, 0.4) is 0 Å². The van der Waals surface area contributed by atoms with E-state index in [2.05, 4.69) is 5.48 Å². The normalized spacial score (nSPS) is 12.1. The van der Waals surface area contributed by atoms with E-state index in [1.165, 1.54) is 12.1 Å². The zero-order chi connectivity index (χ0) is 19.9. The molecule has 144 valence electrons. The molecule has 0 saturated heterocycles. The van der Waals surface area contributed by atoms with Gasteiger partial charge in [-0.15, -0.1) is 4.28 Å². The van der Waals surface area contributed by atoms with Gasteiger partial charge in [0.05, 0.1) is 10.3 Å². The van der Waals surface area contributed by atoms with E-state index in [9.17, 15) is 8.42 Å². The Morgan fingerprint density at radius 3 is 2.39 bits per heavy atom. The van der Waals surface area contributed by atoms with Crippen molar-refractivity contribution in [1.82, 2.24) is 0 Å². The Labute approximate surface area is 164 Å². The molecule has 0 radical (unpaired) electrons. The minimum absolute atomic E-state index is 0.0411. The molecule has 28 heavy (non-hydrogen) atoms. The maximum atomic E-state index is 12.6. The van der Waals surface area contributed by atoms with Crippen LogP contribution in [0.1, 0.15) is 31.1 Å². The molecule has 1 aromatic heterocycles. The van der Waals surface area contributed by atoms with Gasteiger partial charge < -0.3 is 4.42 Å². The summed E-state index contributed by atoms with van der Waals surface area (Å²) in [4.78, 5) is 0.0920. The van der Waals surface area contributed by atoms with Crippen LogP contribution in [0.5, 0.6) is 0 Å². The lowest BCUT2D eigenvalue weighted by Gasteiger charge is -2.10. The summed E-state index contributed by atoms with van der Waals surface area (Å²) < 4.78 is 36.4. The largest absolute Gasteiger partial charge is 0.458 e. The van der Waals surface area contributed by atoms with Gasteiger partial charge in [-0.1, -0.05) is 61.9 Å². The van der Waals surface area contributed by atoms with Gasteiger partial charge in [0.2, 0.25) is 0 Å². The van der Waals surface area contributed by atoms with E-state index in [0.29, 0.717) is 17.0 Å². The maximum Gasteiger partial charge on any atom is 0.317 e. The molecule has 0 atom stereocenters. The summed E-state index contributed by atoms with van der Waals surface area (Å²) >= 11 is 0. The van der Waals surface area contributed by atoms with Crippen molar-refractivity contribution in [2.75, 3.05) is 5.48 Å². The first-order chi connectivity index (χ1) is 13.4. The van der Waals surface area contributed by atoms with Crippen molar-refractivity contribution in [2.45, 2.75) is 31.6 Å². The van der Waals surface area contributed by atoms with E-state index < -0.39 is 10.1 Å². The van der Waals surface area contributed by atoms with E-state index >= 15 is 0 Å². The first-order valence-electron chi connectivity index (χ1n) is 9.07. The summed E-state index contributed by atoms with van der Waals surface area (Å²) in [7, 11) is -3.97. The molecule has 0 aliphatic heterocycles. The third-order valence-electron chi connectivity index (χ3n) is 4.69. The molecule has 3 aromatic carbocycles. The van der Waals surface area contributed by atoms with Crippen LogP contribution in [0.15, 0.2) is 70.0 Å². The van der Waals surface area contributed by atoms with Crippen LogP contribution in [0, 0.1) is 6.92 Å². The van der Waals surface area contributed by atoms with Crippen molar-refractivity contribution >= 4 is 37.5 Å². The van der Waals surface area contributed by atoms with Gasteiger partial charge in [0, 0.05) is 5.92 Å². The fourth-order valence-electron chi connectivity index (χ4n) is 3.24. The second-order valence-electron chi connectivity index (χ2n) is 7.11. The van der Waals surface area contributed by atoms with Crippen molar-refractivity contribution in [3.8, 4) is 0 Å². The summed E-state index contributed by atoms with van der Waals surface area (Å²) in [5.74, 6) is 0.685. The number of benzene rings is 3. The second-order valence-corrected chi connectivity index (χ2v) is 8.65. The SMILES string of the molecule is Cc1ccc(S(=O)(=O)ONc2c(C(C)C)oc3ccc4ccccc4c23)cc1. The standard InChI is InChI=1S/C22H21NO4S/c1-14(2)22-21(23-27-28(24,25)17-11-8-15(3)9-12-17)20-18-7-5-4-6-16(18)10-13-19(20)26-22/h4-14,23H,1-3H3. The minimum atomic E-state index is -3.97. The lowest BCUT2D eigenvalue weighted by atomic mass is 10.0. The van der Waals surface area contributed by atoms with Crippen LogP contribution in [-0.4, -0.2) is 8.42 Å². The molecule has 0 bridgehead atoms. The summed E-state index contributed by atoms with van der Waals surface area (Å²) in [5.41, 5.74) is 4.88. The van der Waals surface area contributed by atoms with Crippen LogP contribution in [0.25, 0.3) is 21.7 Å². The van der Waals surface area contributed by atoms with Crippen LogP contribution in [-0.2, 0) is 14.4 Å². The zero-order valence-corrected chi connectivity index (χ0v) is 16.7. The topological polar surface area (TPSA) is 68.5 Å². The molecule has 1 heterocycles. The Kier molecular flexibility index (Phi) is 4.61. The number of hydrogen-bond donors (Lipinski definition) is 1. The molecule has 4 rings (SSSR count). The Balaban J connectivity index is 1.80. The number of hydrogen-bond acceptors (Lipinski definition) is 5. The highest BCUT2D eigenvalue weighted by Gasteiger charge is 2.22. The number of rotatable bonds is 5. The van der Waals surface area contributed by atoms with E-state index in [4.69, 9.17) is 8.70 Å². The summed E-state index contributed by atoms with van der Waals surface area (Å²) in [6.07, 6.45) is 0. The average Bonchev–Trinajstić information content (AvgIpc) is 3.06. The van der Waals surface area contributed by atoms with E-state index in [-0.39, 0.29) is 10.8 Å². The van der Waals surface area contributed by atoms with E-state index in [0.717, 1.165) is 21.7 Å². The Morgan fingerprint density at radius 2 is 1.68 bits per heavy atom. The van der Waals surface area contributed by atoms with Crippen LogP contribution in [0.4, 0.5) is 5.69 Å². The van der Waals surface area contributed by atoms with Crippen molar-refractivity contribution in [3.63, 3.8) is 0 Å². The first kappa shape index (κ1) is 18.5. The molecular formula is C22H21NO4S. The highest BCUT2D eigenvalue weighted by atomic mass is 32.2. The molecular weight excluding hydrogens is 374 g/mol. The average molecular weight is 395 g/mol. The fraction of sp³-hybridized carbons (Fsp3) is 0.182. The monoisotopic (exact) mass is 395 g/mol. The van der Waals surface area contributed by atoms with Gasteiger partial charge in [0.1, 0.15) is 17.0 Å². The lowest BCUT2D eigenvalue weighted by Crippen LogP contribution is -2.12. The molecule has 0 unspecified atom stereocenters. The Hall–Kier alpha value is -2.83. The molecule has 5 nitrogen and oxygen atoms in total. The van der Waals surface area contributed by atoms with Crippen molar-refractivity contribution < 1.29 is 17.1 Å². The molecule has 0 amide bonds. The highest BCUT2D eigenvalue weighted by Crippen LogP contribution is 2.40. The molecule has 0 spiro atoms. The molecule has 6 heteroatoms. The van der Waals surface area contributed by atoms with Crippen molar-refractivity contribution in [2.24, 2.45) is 0 Å².